The first-order valence-corrected chi connectivity index (χ1v) is 9.65. The van der Waals surface area contributed by atoms with Crippen LogP contribution in [0.5, 0.6) is 5.75 Å². The SMILES string of the molecule is CCCCCCCCc1ccc2cc(SC)c(OC)cc2c1. The number of hydrogen-bond donors (Lipinski definition) is 0. The van der Waals surface area contributed by atoms with Crippen LogP contribution in [0.4, 0.5) is 0 Å². The molecule has 0 unspecified atom stereocenters. The van der Waals surface area contributed by atoms with Gasteiger partial charge in [-0.1, -0.05) is 57.2 Å². The van der Waals surface area contributed by atoms with Crippen LogP contribution >= 0.6 is 11.8 Å². The highest BCUT2D eigenvalue weighted by Crippen LogP contribution is 2.32. The van der Waals surface area contributed by atoms with Crippen molar-refractivity contribution < 1.29 is 4.74 Å². The number of methoxy groups -OCH3 is 1. The zero-order chi connectivity index (χ0) is 15.8. The smallest absolute Gasteiger partial charge is 0.133 e. The summed E-state index contributed by atoms with van der Waals surface area (Å²) in [7, 11) is 1.75. The van der Waals surface area contributed by atoms with E-state index < -0.39 is 0 Å². The molecule has 2 rings (SSSR count). The Hall–Kier alpha value is -1.15. The molecular weight excluding hydrogens is 288 g/mol. The minimum absolute atomic E-state index is 0.983. The molecule has 0 N–H and O–H groups in total. The van der Waals surface area contributed by atoms with E-state index in [1.807, 2.05) is 0 Å². The molecule has 0 bridgehead atoms. The Morgan fingerprint density at radius 2 is 1.68 bits per heavy atom. The van der Waals surface area contributed by atoms with E-state index in [0.717, 1.165) is 5.75 Å². The molecule has 22 heavy (non-hydrogen) atoms. The molecule has 0 aliphatic rings. The number of rotatable bonds is 9. The van der Waals surface area contributed by atoms with E-state index in [9.17, 15) is 0 Å². The van der Waals surface area contributed by atoms with Crippen molar-refractivity contribution in [2.45, 2.75) is 56.8 Å². The fourth-order valence-corrected chi connectivity index (χ4v) is 3.48. The lowest BCUT2D eigenvalue weighted by Gasteiger charge is -2.10. The van der Waals surface area contributed by atoms with Gasteiger partial charge in [-0.25, -0.2) is 0 Å². The van der Waals surface area contributed by atoms with Crippen LogP contribution in [0.2, 0.25) is 0 Å². The standard InChI is InChI=1S/C20H28OS/c1-4-5-6-7-8-9-10-16-11-12-17-15-20(22-3)19(21-2)14-18(17)13-16/h11-15H,4-10H2,1-3H3. The van der Waals surface area contributed by atoms with Crippen molar-refractivity contribution in [1.29, 1.82) is 0 Å². The molecule has 0 spiro atoms. The van der Waals surface area contributed by atoms with Gasteiger partial charge in [0, 0.05) is 4.90 Å². The molecule has 0 radical (unpaired) electrons. The molecule has 2 heteroatoms. The molecule has 1 nitrogen and oxygen atoms in total. The highest BCUT2D eigenvalue weighted by Gasteiger charge is 2.05. The molecule has 0 aliphatic carbocycles. The summed E-state index contributed by atoms with van der Waals surface area (Å²) in [5.74, 6) is 0.983. The average molecular weight is 317 g/mol. The van der Waals surface area contributed by atoms with E-state index in [-0.39, 0.29) is 0 Å². The lowest BCUT2D eigenvalue weighted by Crippen LogP contribution is -1.89. The van der Waals surface area contributed by atoms with Crippen LogP contribution in [0.15, 0.2) is 35.2 Å². The number of ether oxygens (including phenoxy) is 1. The van der Waals surface area contributed by atoms with Crippen LogP contribution in [0.25, 0.3) is 10.8 Å². The molecule has 0 saturated carbocycles. The maximum atomic E-state index is 5.50. The molecule has 2 aromatic rings. The van der Waals surface area contributed by atoms with Crippen molar-refractivity contribution in [2.24, 2.45) is 0 Å². The maximum Gasteiger partial charge on any atom is 0.133 e. The predicted octanol–water partition coefficient (Wildman–Crippen LogP) is 6.47. The fraction of sp³-hybridized carbons (Fsp3) is 0.500. The zero-order valence-electron chi connectivity index (χ0n) is 14.2. The first kappa shape index (κ1) is 17.2. The van der Waals surface area contributed by atoms with Gasteiger partial charge in [-0.3, -0.25) is 0 Å². The van der Waals surface area contributed by atoms with Crippen LogP contribution in [0.1, 0.15) is 51.0 Å². The van der Waals surface area contributed by atoms with Gasteiger partial charge in [-0.05, 0) is 47.6 Å². The number of fused-ring (bicyclic) bond motifs is 1. The molecule has 0 fully saturated rings. The van der Waals surface area contributed by atoms with Crippen molar-refractivity contribution in [3.8, 4) is 5.75 Å². The van der Waals surface area contributed by atoms with Gasteiger partial charge >= 0.3 is 0 Å². The second-order valence-electron chi connectivity index (χ2n) is 5.91. The molecule has 0 heterocycles. The summed E-state index contributed by atoms with van der Waals surface area (Å²) in [6.45, 7) is 2.27. The molecule has 0 aromatic heterocycles. The normalized spacial score (nSPS) is 11.0. The Balaban J connectivity index is 2.00. The number of unbranched alkanes of at least 4 members (excludes halogenated alkanes) is 5. The average Bonchev–Trinajstić information content (AvgIpc) is 2.56. The van der Waals surface area contributed by atoms with E-state index >= 15 is 0 Å². The molecule has 0 aliphatic heterocycles. The van der Waals surface area contributed by atoms with Gasteiger partial charge in [-0.2, -0.15) is 0 Å². The minimum Gasteiger partial charge on any atom is -0.496 e. The van der Waals surface area contributed by atoms with E-state index in [1.165, 1.54) is 66.2 Å². The summed E-state index contributed by atoms with van der Waals surface area (Å²) in [6, 6.07) is 11.3. The molecular formula is C20H28OS. The summed E-state index contributed by atoms with van der Waals surface area (Å²) >= 11 is 1.74. The summed E-state index contributed by atoms with van der Waals surface area (Å²) in [6.07, 6.45) is 11.4. The summed E-state index contributed by atoms with van der Waals surface area (Å²) < 4.78 is 5.50. The zero-order valence-corrected chi connectivity index (χ0v) is 15.0. The topological polar surface area (TPSA) is 9.23 Å². The van der Waals surface area contributed by atoms with E-state index in [2.05, 4.69) is 43.5 Å². The predicted molar refractivity (Wildman–Crippen MR) is 99.4 cm³/mol. The molecule has 120 valence electrons. The van der Waals surface area contributed by atoms with Gasteiger partial charge in [0.25, 0.3) is 0 Å². The molecule has 0 atom stereocenters. The minimum atomic E-state index is 0.983. The Morgan fingerprint density at radius 1 is 0.909 bits per heavy atom. The maximum absolute atomic E-state index is 5.50. The van der Waals surface area contributed by atoms with Crippen LogP contribution < -0.4 is 4.74 Å². The second kappa shape index (κ2) is 9.09. The third kappa shape index (κ3) is 4.67. The molecule has 0 amide bonds. The monoisotopic (exact) mass is 316 g/mol. The van der Waals surface area contributed by atoms with Gasteiger partial charge in [0.1, 0.15) is 5.75 Å². The first-order valence-electron chi connectivity index (χ1n) is 8.43. The van der Waals surface area contributed by atoms with Crippen LogP contribution in [0, 0.1) is 0 Å². The van der Waals surface area contributed by atoms with Gasteiger partial charge in [0.05, 0.1) is 7.11 Å². The molecule has 0 saturated heterocycles. The second-order valence-corrected chi connectivity index (χ2v) is 6.75. The summed E-state index contributed by atoms with van der Waals surface area (Å²) in [5.41, 5.74) is 1.45. The van der Waals surface area contributed by atoms with Crippen LogP contribution in [0.3, 0.4) is 0 Å². The Morgan fingerprint density at radius 3 is 2.41 bits per heavy atom. The van der Waals surface area contributed by atoms with Gasteiger partial charge in [0.15, 0.2) is 0 Å². The summed E-state index contributed by atoms with van der Waals surface area (Å²) in [5, 5.41) is 2.59. The number of thioether (sulfide) groups is 1. The van der Waals surface area contributed by atoms with Crippen LogP contribution in [-0.4, -0.2) is 13.4 Å². The van der Waals surface area contributed by atoms with Crippen LogP contribution in [-0.2, 0) is 6.42 Å². The van der Waals surface area contributed by atoms with E-state index in [1.54, 1.807) is 18.9 Å². The highest BCUT2D eigenvalue weighted by atomic mass is 32.2. The fourth-order valence-electron chi connectivity index (χ4n) is 2.89. The highest BCUT2D eigenvalue weighted by molar-refractivity contribution is 7.98. The van der Waals surface area contributed by atoms with Crippen molar-refractivity contribution >= 4 is 22.5 Å². The van der Waals surface area contributed by atoms with Crippen molar-refractivity contribution in [2.75, 3.05) is 13.4 Å². The van der Waals surface area contributed by atoms with E-state index in [4.69, 9.17) is 4.74 Å². The first-order chi connectivity index (χ1) is 10.8. The summed E-state index contributed by atoms with van der Waals surface area (Å²) in [4.78, 5) is 1.21. The third-order valence-electron chi connectivity index (χ3n) is 4.23. The van der Waals surface area contributed by atoms with Crippen molar-refractivity contribution in [3.05, 3.63) is 35.9 Å². The van der Waals surface area contributed by atoms with Gasteiger partial charge < -0.3 is 4.74 Å². The number of aryl methyl sites for hydroxylation is 1. The Kier molecular flexibility index (Phi) is 7.11. The lowest BCUT2D eigenvalue weighted by atomic mass is 10.0. The van der Waals surface area contributed by atoms with E-state index in [0.29, 0.717) is 0 Å². The quantitative estimate of drug-likeness (QED) is 0.387. The van der Waals surface area contributed by atoms with Gasteiger partial charge in [-0.15, -0.1) is 11.8 Å². The largest absolute Gasteiger partial charge is 0.496 e. The number of benzene rings is 2. The van der Waals surface area contributed by atoms with Gasteiger partial charge in [0.2, 0.25) is 0 Å². The van der Waals surface area contributed by atoms with Crippen molar-refractivity contribution in [1.82, 2.24) is 0 Å². The lowest BCUT2D eigenvalue weighted by molar-refractivity contribution is 0.405. The molecule has 2 aromatic carbocycles. The van der Waals surface area contributed by atoms with Crippen molar-refractivity contribution in [3.63, 3.8) is 0 Å². The Bertz CT molecular complexity index is 592. The Labute approximate surface area is 139 Å². The number of hydrogen-bond acceptors (Lipinski definition) is 2. The third-order valence-corrected chi connectivity index (χ3v) is 4.98.